The lowest BCUT2D eigenvalue weighted by Crippen LogP contribution is -2.30. The van der Waals surface area contributed by atoms with Crippen molar-refractivity contribution in [3.8, 4) is 0 Å². The Bertz CT molecular complexity index is 760. The number of anilines is 2. The number of para-hydroxylation sites is 2. The average Bonchev–Trinajstić information content (AvgIpc) is 2.50. The molecule has 0 bridgehead atoms. The second-order valence-electron chi connectivity index (χ2n) is 4.81. The van der Waals surface area contributed by atoms with Gasteiger partial charge in [-0.1, -0.05) is 30.3 Å². The Morgan fingerprint density at radius 1 is 0.875 bits per heavy atom. The molecule has 0 aliphatic rings. The van der Waals surface area contributed by atoms with Crippen LogP contribution in [0.2, 0.25) is 0 Å². The molecule has 0 aliphatic heterocycles. The third-order valence-electron chi connectivity index (χ3n) is 3.02. The van der Waals surface area contributed by atoms with E-state index in [1.54, 1.807) is 11.4 Å². The Kier molecular flexibility index (Phi) is 5.18. The fourth-order valence-electron chi connectivity index (χ4n) is 1.90. The summed E-state index contributed by atoms with van der Waals surface area (Å²) in [5.74, 6) is -3.35. The number of nitrogens with one attached hydrogen (secondary N) is 2. The van der Waals surface area contributed by atoms with Gasteiger partial charge in [0.25, 0.3) is 0 Å². The van der Waals surface area contributed by atoms with Gasteiger partial charge in [-0.2, -0.15) is 13.2 Å². The fourth-order valence-corrected chi connectivity index (χ4v) is 1.90. The summed E-state index contributed by atoms with van der Waals surface area (Å²) in [6.45, 7) is 0. The summed E-state index contributed by atoms with van der Waals surface area (Å²) in [7, 11) is 0. The Morgan fingerprint density at radius 3 is 2.00 bits per heavy atom. The number of benzene rings is 2. The van der Waals surface area contributed by atoms with Gasteiger partial charge < -0.3 is 10.6 Å². The summed E-state index contributed by atoms with van der Waals surface area (Å²) < 4.78 is 50.5. The number of rotatable bonds is 4. The molecule has 24 heavy (non-hydrogen) atoms. The average molecular weight is 340 g/mol. The highest BCUT2D eigenvalue weighted by Gasteiger charge is 2.39. The van der Waals surface area contributed by atoms with Crippen LogP contribution in [0.3, 0.4) is 0 Å². The van der Waals surface area contributed by atoms with E-state index in [-0.39, 0.29) is 23.4 Å². The van der Waals surface area contributed by atoms with Crippen molar-refractivity contribution in [1.82, 2.24) is 0 Å². The van der Waals surface area contributed by atoms with E-state index in [0.29, 0.717) is 0 Å². The topological polar surface area (TPSA) is 58.2 Å². The molecule has 0 aliphatic carbocycles. The zero-order valence-corrected chi connectivity index (χ0v) is 12.2. The molecule has 8 heteroatoms. The Morgan fingerprint density at radius 2 is 1.42 bits per heavy atom. The van der Waals surface area contributed by atoms with E-state index in [0.717, 1.165) is 0 Å². The van der Waals surface area contributed by atoms with Crippen LogP contribution in [-0.2, 0) is 16.0 Å². The first-order valence-electron chi connectivity index (χ1n) is 6.78. The first-order chi connectivity index (χ1) is 11.3. The summed E-state index contributed by atoms with van der Waals surface area (Å²) in [5.41, 5.74) is -0.0787. The fraction of sp³-hybridized carbons (Fsp3) is 0.125. The molecule has 0 saturated carbocycles. The van der Waals surface area contributed by atoms with Gasteiger partial charge >= 0.3 is 12.1 Å². The summed E-state index contributed by atoms with van der Waals surface area (Å²) in [6.07, 6.45) is -5.35. The molecule has 0 spiro atoms. The predicted octanol–water partition coefficient (Wildman–Crippen LogP) is 3.51. The first-order valence-corrected chi connectivity index (χ1v) is 6.78. The van der Waals surface area contributed by atoms with Crippen molar-refractivity contribution in [2.75, 3.05) is 10.6 Å². The summed E-state index contributed by atoms with van der Waals surface area (Å²) in [4.78, 5) is 23.0. The summed E-state index contributed by atoms with van der Waals surface area (Å²) in [5, 5.41) is 4.03. The van der Waals surface area contributed by atoms with E-state index in [1.807, 2.05) is 0 Å². The van der Waals surface area contributed by atoms with Gasteiger partial charge in [-0.25, -0.2) is 4.39 Å². The van der Waals surface area contributed by atoms with Crippen LogP contribution >= 0.6 is 0 Å². The van der Waals surface area contributed by atoms with Gasteiger partial charge in [0.1, 0.15) is 5.82 Å². The molecular weight excluding hydrogens is 328 g/mol. The summed E-state index contributed by atoms with van der Waals surface area (Å²) >= 11 is 0. The third-order valence-corrected chi connectivity index (χ3v) is 3.02. The lowest BCUT2D eigenvalue weighted by atomic mass is 10.1. The second-order valence-corrected chi connectivity index (χ2v) is 4.81. The van der Waals surface area contributed by atoms with Crippen molar-refractivity contribution >= 4 is 23.2 Å². The molecule has 2 amide bonds. The molecule has 0 aromatic heterocycles. The van der Waals surface area contributed by atoms with E-state index >= 15 is 0 Å². The van der Waals surface area contributed by atoms with E-state index in [9.17, 15) is 27.2 Å². The molecule has 0 fully saturated rings. The van der Waals surface area contributed by atoms with Crippen molar-refractivity contribution in [2.45, 2.75) is 12.6 Å². The predicted molar refractivity (Wildman–Crippen MR) is 79.9 cm³/mol. The van der Waals surface area contributed by atoms with Gasteiger partial charge in [-0.3, -0.25) is 9.59 Å². The molecule has 2 aromatic carbocycles. The van der Waals surface area contributed by atoms with Crippen LogP contribution in [-0.4, -0.2) is 18.0 Å². The van der Waals surface area contributed by atoms with Gasteiger partial charge in [0.15, 0.2) is 0 Å². The van der Waals surface area contributed by atoms with Crippen molar-refractivity contribution in [2.24, 2.45) is 0 Å². The highest BCUT2D eigenvalue weighted by Crippen LogP contribution is 2.24. The van der Waals surface area contributed by atoms with Gasteiger partial charge in [0.05, 0.1) is 17.8 Å². The van der Waals surface area contributed by atoms with E-state index in [4.69, 9.17) is 0 Å². The number of hydrogen-bond donors (Lipinski definition) is 2. The van der Waals surface area contributed by atoms with Crippen molar-refractivity contribution in [3.63, 3.8) is 0 Å². The van der Waals surface area contributed by atoms with Crippen LogP contribution in [0.25, 0.3) is 0 Å². The molecule has 2 aromatic rings. The Labute approximate surface area is 134 Å². The third kappa shape index (κ3) is 4.55. The van der Waals surface area contributed by atoms with Crippen molar-refractivity contribution in [3.05, 3.63) is 59.9 Å². The first kappa shape index (κ1) is 17.5. The SMILES string of the molecule is O=C(Cc1ccccc1F)Nc1ccccc1NC(=O)C(F)(F)F. The molecule has 0 radical (unpaired) electrons. The van der Waals surface area contributed by atoms with Crippen molar-refractivity contribution < 1.29 is 27.2 Å². The number of hydrogen-bond acceptors (Lipinski definition) is 2. The van der Waals surface area contributed by atoms with E-state index in [2.05, 4.69) is 5.32 Å². The van der Waals surface area contributed by atoms with Gasteiger partial charge in [-0.05, 0) is 23.8 Å². The highest BCUT2D eigenvalue weighted by atomic mass is 19.4. The molecule has 2 N–H and O–H groups in total. The summed E-state index contributed by atoms with van der Waals surface area (Å²) in [6, 6.07) is 11.1. The van der Waals surface area contributed by atoms with Crippen LogP contribution < -0.4 is 10.6 Å². The molecule has 0 saturated heterocycles. The normalized spacial score (nSPS) is 11.0. The molecular formula is C16H12F4N2O2. The largest absolute Gasteiger partial charge is 0.471 e. The van der Waals surface area contributed by atoms with Crippen LogP contribution in [0.5, 0.6) is 0 Å². The molecule has 2 rings (SSSR count). The number of alkyl halides is 3. The lowest BCUT2D eigenvalue weighted by molar-refractivity contribution is -0.167. The Balaban J connectivity index is 2.11. The van der Waals surface area contributed by atoms with Gasteiger partial charge in [-0.15, -0.1) is 0 Å². The number of carbonyl (C=O) groups is 2. The van der Waals surface area contributed by atoms with Gasteiger partial charge in [0, 0.05) is 0 Å². The van der Waals surface area contributed by atoms with Crippen LogP contribution in [0.4, 0.5) is 28.9 Å². The quantitative estimate of drug-likeness (QED) is 0.837. The highest BCUT2D eigenvalue weighted by molar-refractivity contribution is 6.01. The minimum atomic E-state index is -5.05. The standard InChI is InChI=1S/C16H12F4N2O2/c17-11-6-2-1-5-10(11)9-14(23)21-12-7-3-4-8-13(12)22-15(24)16(18,19)20/h1-8H,9H2,(H,21,23)(H,22,24). The maximum Gasteiger partial charge on any atom is 0.471 e. The maximum absolute atomic E-state index is 13.5. The minimum Gasteiger partial charge on any atom is -0.324 e. The smallest absolute Gasteiger partial charge is 0.324 e. The van der Waals surface area contributed by atoms with Crippen LogP contribution in [0.1, 0.15) is 5.56 Å². The zero-order valence-electron chi connectivity index (χ0n) is 12.2. The number of halogens is 4. The van der Waals surface area contributed by atoms with Crippen molar-refractivity contribution in [1.29, 1.82) is 0 Å². The van der Waals surface area contributed by atoms with E-state index in [1.165, 1.54) is 42.5 Å². The monoisotopic (exact) mass is 340 g/mol. The van der Waals surface area contributed by atoms with E-state index < -0.39 is 23.8 Å². The molecule has 126 valence electrons. The van der Waals surface area contributed by atoms with Crippen LogP contribution in [0.15, 0.2) is 48.5 Å². The second kappa shape index (κ2) is 7.12. The molecule has 0 unspecified atom stereocenters. The number of amides is 2. The van der Waals surface area contributed by atoms with Gasteiger partial charge in [0.2, 0.25) is 5.91 Å². The lowest BCUT2D eigenvalue weighted by Gasteiger charge is -2.13. The maximum atomic E-state index is 13.5. The van der Waals surface area contributed by atoms with Crippen LogP contribution in [0, 0.1) is 5.82 Å². The zero-order chi connectivity index (χ0) is 17.7. The molecule has 0 atom stereocenters. The minimum absolute atomic E-state index is 0.0172. The number of carbonyl (C=O) groups excluding carboxylic acids is 2. The molecule has 0 heterocycles. The molecule has 4 nitrogen and oxygen atoms in total. The Hall–Kier alpha value is -2.90.